The van der Waals surface area contributed by atoms with Crippen LogP contribution in [0.3, 0.4) is 0 Å². The van der Waals surface area contributed by atoms with Crippen LogP contribution in [0, 0.1) is 0 Å². The van der Waals surface area contributed by atoms with Crippen LogP contribution in [-0.2, 0) is 11.3 Å². The van der Waals surface area contributed by atoms with Crippen LogP contribution in [0.1, 0.15) is 25.0 Å². The molecule has 1 amide bonds. The maximum Gasteiger partial charge on any atom is 0.387 e. The van der Waals surface area contributed by atoms with Crippen molar-refractivity contribution >= 4 is 12.0 Å². The van der Waals surface area contributed by atoms with E-state index in [0.717, 1.165) is 5.56 Å². The molecule has 0 bridgehead atoms. The van der Waals surface area contributed by atoms with Gasteiger partial charge in [-0.25, -0.2) is 0 Å². The van der Waals surface area contributed by atoms with Gasteiger partial charge in [0.25, 0.3) is 0 Å². The van der Waals surface area contributed by atoms with Crippen molar-refractivity contribution < 1.29 is 27.8 Å². The van der Waals surface area contributed by atoms with E-state index in [4.69, 9.17) is 9.47 Å². The second-order valence-electron chi connectivity index (χ2n) is 5.61. The van der Waals surface area contributed by atoms with E-state index in [9.17, 15) is 13.6 Å². The molecule has 0 radical (unpaired) electrons. The molecular weight excluding hydrogens is 368 g/mol. The average molecular weight is 391 g/mol. The van der Waals surface area contributed by atoms with Gasteiger partial charge in [0.15, 0.2) is 11.5 Å². The number of alkyl halides is 2. The van der Waals surface area contributed by atoms with Gasteiger partial charge in [0.2, 0.25) is 5.91 Å². The molecule has 0 aliphatic carbocycles. The molecule has 5 nitrogen and oxygen atoms in total. The predicted octanol–water partition coefficient (Wildman–Crippen LogP) is 4.42. The van der Waals surface area contributed by atoms with Gasteiger partial charge in [-0.2, -0.15) is 8.78 Å². The van der Waals surface area contributed by atoms with Gasteiger partial charge in [0.1, 0.15) is 5.75 Å². The lowest BCUT2D eigenvalue weighted by molar-refractivity contribution is -0.116. The second kappa shape index (κ2) is 10.9. The van der Waals surface area contributed by atoms with Crippen LogP contribution in [0.4, 0.5) is 8.78 Å². The summed E-state index contributed by atoms with van der Waals surface area (Å²) in [5.41, 5.74) is 1.23. The Morgan fingerprint density at radius 3 is 2.46 bits per heavy atom. The monoisotopic (exact) mass is 391 g/mol. The van der Waals surface area contributed by atoms with Crippen LogP contribution in [0.5, 0.6) is 17.2 Å². The Kier molecular flexibility index (Phi) is 8.27. The molecule has 2 rings (SSSR count). The van der Waals surface area contributed by atoms with Gasteiger partial charge in [0, 0.05) is 18.2 Å². The van der Waals surface area contributed by atoms with Crippen molar-refractivity contribution in [3.05, 3.63) is 59.7 Å². The Bertz CT molecular complexity index is 809. The number of benzene rings is 2. The quantitative estimate of drug-likeness (QED) is 0.610. The number of carbonyl (C=O) groups is 1. The topological polar surface area (TPSA) is 56.8 Å². The molecule has 0 spiro atoms. The van der Waals surface area contributed by atoms with E-state index in [1.807, 2.05) is 19.9 Å². The third-order valence-corrected chi connectivity index (χ3v) is 3.64. The summed E-state index contributed by atoms with van der Waals surface area (Å²) in [5.74, 6) is 0.917. The molecule has 0 saturated carbocycles. The molecule has 2 aromatic rings. The van der Waals surface area contributed by atoms with E-state index < -0.39 is 6.61 Å². The standard InChI is InChI=1S/C21H23F2NO4/c1-3-26-18-11-9-15(13-19(18)27-4-2)10-12-20(25)24-14-16-7-5-6-8-17(16)28-21(22)23/h5-13,21H,3-4,14H2,1-2H3,(H,24,25)/b12-10+. The number of ether oxygens (including phenoxy) is 3. The van der Waals surface area contributed by atoms with E-state index in [-0.39, 0.29) is 18.2 Å². The van der Waals surface area contributed by atoms with E-state index in [1.165, 1.54) is 12.1 Å². The Morgan fingerprint density at radius 2 is 1.75 bits per heavy atom. The Morgan fingerprint density at radius 1 is 1.04 bits per heavy atom. The summed E-state index contributed by atoms with van der Waals surface area (Å²) in [6.07, 6.45) is 3.00. The number of para-hydroxylation sites is 1. The van der Waals surface area contributed by atoms with Crippen LogP contribution in [-0.4, -0.2) is 25.7 Å². The lowest BCUT2D eigenvalue weighted by atomic mass is 10.1. The first-order chi connectivity index (χ1) is 13.5. The first-order valence-corrected chi connectivity index (χ1v) is 8.91. The summed E-state index contributed by atoms with van der Waals surface area (Å²) < 4.78 is 40.4. The summed E-state index contributed by atoms with van der Waals surface area (Å²) in [6.45, 7) is 1.93. The minimum absolute atomic E-state index is 0.0367. The predicted molar refractivity (Wildman–Crippen MR) is 103 cm³/mol. The van der Waals surface area contributed by atoms with Crippen molar-refractivity contribution in [1.82, 2.24) is 5.32 Å². The zero-order chi connectivity index (χ0) is 20.4. The fraction of sp³-hybridized carbons (Fsp3) is 0.286. The third kappa shape index (κ3) is 6.57. The molecule has 0 saturated heterocycles. The summed E-state index contributed by atoms with van der Waals surface area (Å²) in [6, 6.07) is 11.7. The van der Waals surface area contributed by atoms with Crippen LogP contribution in [0.15, 0.2) is 48.5 Å². The van der Waals surface area contributed by atoms with Gasteiger partial charge in [-0.3, -0.25) is 4.79 Å². The highest BCUT2D eigenvalue weighted by molar-refractivity contribution is 5.91. The number of carbonyl (C=O) groups excluding carboxylic acids is 1. The Hall–Kier alpha value is -3.09. The fourth-order valence-electron chi connectivity index (χ4n) is 2.45. The van der Waals surface area contributed by atoms with Gasteiger partial charge in [-0.05, 0) is 43.7 Å². The van der Waals surface area contributed by atoms with Gasteiger partial charge < -0.3 is 19.5 Å². The summed E-state index contributed by atoms with van der Waals surface area (Å²) in [4.78, 5) is 12.1. The molecule has 1 N–H and O–H groups in total. The molecule has 7 heteroatoms. The van der Waals surface area contributed by atoms with Crippen molar-refractivity contribution in [2.75, 3.05) is 13.2 Å². The second-order valence-corrected chi connectivity index (χ2v) is 5.61. The largest absolute Gasteiger partial charge is 0.490 e. The molecule has 0 fully saturated rings. The van der Waals surface area contributed by atoms with Crippen molar-refractivity contribution in [3.63, 3.8) is 0 Å². The zero-order valence-electron chi connectivity index (χ0n) is 15.8. The van der Waals surface area contributed by atoms with Crippen LogP contribution >= 0.6 is 0 Å². The van der Waals surface area contributed by atoms with Crippen molar-refractivity contribution in [3.8, 4) is 17.2 Å². The summed E-state index contributed by atoms with van der Waals surface area (Å²) >= 11 is 0. The van der Waals surface area contributed by atoms with E-state index in [1.54, 1.807) is 36.4 Å². The highest BCUT2D eigenvalue weighted by Crippen LogP contribution is 2.29. The normalized spacial score (nSPS) is 10.9. The minimum Gasteiger partial charge on any atom is -0.490 e. The van der Waals surface area contributed by atoms with Crippen molar-refractivity contribution in [2.45, 2.75) is 27.0 Å². The Balaban J connectivity index is 2.00. The SMILES string of the molecule is CCOc1ccc(/C=C/C(=O)NCc2ccccc2OC(F)F)cc1OCC. The molecular formula is C21H23F2NO4. The first kappa shape index (κ1) is 21.2. The molecule has 0 heterocycles. The number of amides is 1. The maximum absolute atomic E-state index is 12.4. The molecule has 150 valence electrons. The lowest BCUT2D eigenvalue weighted by Crippen LogP contribution is -2.21. The summed E-state index contributed by atoms with van der Waals surface area (Å²) in [5, 5.41) is 2.65. The molecule has 0 unspecified atom stereocenters. The van der Waals surface area contributed by atoms with Crippen molar-refractivity contribution in [2.24, 2.45) is 0 Å². The molecule has 2 aromatic carbocycles. The van der Waals surface area contributed by atoms with E-state index in [2.05, 4.69) is 10.1 Å². The highest BCUT2D eigenvalue weighted by Gasteiger charge is 2.09. The third-order valence-electron chi connectivity index (χ3n) is 3.64. The molecule has 0 aliphatic heterocycles. The van der Waals surface area contributed by atoms with Crippen LogP contribution < -0.4 is 19.5 Å². The van der Waals surface area contributed by atoms with E-state index in [0.29, 0.717) is 30.3 Å². The number of hydrogen-bond donors (Lipinski definition) is 1. The fourth-order valence-corrected chi connectivity index (χ4v) is 2.45. The lowest BCUT2D eigenvalue weighted by Gasteiger charge is -2.11. The highest BCUT2D eigenvalue weighted by atomic mass is 19.3. The average Bonchev–Trinajstić information content (AvgIpc) is 2.67. The number of rotatable bonds is 10. The summed E-state index contributed by atoms with van der Waals surface area (Å²) in [7, 11) is 0. The minimum atomic E-state index is -2.92. The number of nitrogens with one attached hydrogen (secondary N) is 1. The maximum atomic E-state index is 12.4. The smallest absolute Gasteiger partial charge is 0.387 e. The molecule has 0 atom stereocenters. The van der Waals surface area contributed by atoms with Crippen LogP contribution in [0.2, 0.25) is 0 Å². The molecule has 28 heavy (non-hydrogen) atoms. The van der Waals surface area contributed by atoms with Gasteiger partial charge in [-0.1, -0.05) is 24.3 Å². The van der Waals surface area contributed by atoms with Crippen LogP contribution in [0.25, 0.3) is 6.08 Å². The molecule has 0 aliphatic rings. The van der Waals surface area contributed by atoms with Gasteiger partial charge >= 0.3 is 6.61 Å². The van der Waals surface area contributed by atoms with Gasteiger partial charge in [-0.15, -0.1) is 0 Å². The number of halogens is 2. The Labute approximate surface area is 162 Å². The number of hydrogen-bond acceptors (Lipinski definition) is 4. The van der Waals surface area contributed by atoms with Gasteiger partial charge in [0.05, 0.1) is 13.2 Å². The zero-order valence-corrected chi connectivity index (χ0v) is 15.8. The van der Waals surface area contributed by atoms with Crippen molar-refractivity contribution in [1.29, 1.82) is 0 Å². The molecule has 0 aromatic heterocycles. The van der Waals surface area contributed by atoms with E-state index >= 15 is 0 Å². The first-order valence-electron chi connectivity index (χ1n) is 8.91.